The SMILES string of the molecule is COCCC(Cc1cccc(Br)c1)C(=O)N1CCC[C@H]1C(=O)O. The number of carboxylic acid groups (broad SMARTS) is 1. The normalized spacial score (nSPS) is 18.9. The highest BCUT2D eigenvalue weighted by molar-refractivity contribution is 9.10. The van der Waals surface area contributed by atoms with Gasteiger partial charge in [0.15, 0.2) is 0 Å². The molecule has 1 aliphatic rings. The van der Waals surface area contributed by atoms with Gasteiger partial charge < -0.3 is 14.7 Å². The van der Waals surface area contributed by atoms with Crippen LogP contribution in [0.4, 0.5) is 0 Å². The fourth-order valence-corrected chi connectivity index (χ4v) is 3.49. The van der Waals surface area contributed by atoms with E-state index in [1.807, 2.05) is 24.3 Å². The Balaban J connectivity index is 2.13. The van der Waals surface area contributed by atoms with E-state index < -0.39 is 12.0 Å². The molecular formula is C17H22BrNO4. The van der Waals surface area contributed by atoms with Crippen molar-refractivity contribution in [1.82, 2.24) is 4.90 Å². The average Bonchev–Trinajstić information content (AvgIpc) is 3.00. The number of benzene rings is 1. The van der Waals surface area contributed by atoms with Crippen molar-refractivity contribution in [2.75, 3.05) is 20.3 Å². The third kappa shape index (κ3) is 4.78. The van der Waals surface area contributed by atoms with E-state index in [1.54, 1.807) is 7.11 Å². The zero-order chi connectivity index (χ0) is 16.8. The Morgan fingerprint density at radius 3 is 2.91 bits per heavy atom. The minimum atomic E-state index is -0.913. The molecule has 1 fully saturated rings. The van der Waals surface area contributed by atoms with Crippen molar-refractivity contribution in [1.29, 1.82) is 0 Å². The van der Waals surface area contributed by atoms with Gasteiger partial charge in [-0.2, -0.15) is 0 Å². The Labute approximate surface area is 144 Å². The second kappa shape index (κ2) is 8.45. The van der Waals surface area contributed by atoms with Crippen LogP contribution >= 0.6 is 15.9 Å². The van der Waals surface area contributed by atoms with Gasteiger partial charge in [-0.3, -0.25) is 4.79 Å². The van der Waals surface area contributed by atoms with Gasteiger partial charge in [0, 0.05) is 30.7 Å². The third-order valence-electron chi connectivity index (χ3n) is 4.21. The number of carboxylic acids is 1. The standard InChI is InChI=1S/C17H22BrNO4/c1-23-9-7-13(10-12-4-2-5-14(18)11-12)16(20)19-8-3-6-15(19)17(21)22/h2,4-5,11,13,15H,3,6-10H2,1H3,(H,21,22)/t13?,15-/m0/s1. The van der Waals surface area contributed by atoms with Crippen LogP contribution < -0.4 is 0 Å². The van der Waals surface area contributed by atoms with Crippen LogP contribution in [0.3, 0.4) is 0 Å². The molecule has 0 bridgehead atoms. The molecule has 1 N–H and O–H groups in total. The highest BCUT2D eigenvalue weighted by Gasteiger charge is 2.36. The van der Waals surface area contributed by atoms with Gasteiger partial charge in [-0.05, 0) is 43.4 Å². The highest BCUT2D eigenvalue weighted by atomic mass is 79.9. The summed E-state index contributed by atoms with van der Waals surface area (Å²) < 4.78 is 6.09. The number of rotatable bonds is 7. The Hall–Kier alpha value is -1.40. The molecule has 126 valence electrons. The van der Waals surface area contributed by atoms with Crippen molar-refractivity contribution in [3.8, 4) is 0 Å². The summed E-state index contributed by atoms with van der Waals surface area (Å²) >= 11 is 3.44. The van der Waals surface area contributed by atoms with E-state index in [2.05, 4.69) is 15.9 Å². The molecule has 0 radical (unpaired) electrons. The van der Waals surface area contributed by atoms with Crippen LogP contribution in [-0.4, -0.2) is 48.2 Å². The van der Waals surface area contributed by atoms with Gasteiger partial charge in [-0.1, -0.05) is 28.1 Å². The number of hydrogen-bond donors (Lipinski definition) is 1. The number of aliphatic carboxylic acids is 1. The number of ether oxygens (including phenoxy) is 1. The van der Waals surface area contributed by atoms with Gasteiger partial charge in [0.25, 0.3) is 0 Å². The summed E-state index contributed by atoms with van der Waals surface area (Å²) in [4.78, 5) is 25.7. The highest BCUT2D eigenvalue weighted by Crippen LogP contribution is 2.24. The summed E-state index contributed by atoms with van der Waals surface area (Å²) in [7, 11) is 1.61. The van der Waals surface area contributed by atoms with Crippen molar-refractivity contribution in [3.63, 3.8) is 0 Å². The minimum absolute atomic E-state index is 0.0769. The predicted molar refractivity (Wildman–Crippen MR) is 90.2 cm³/mol. The molecule has 0 aromatic heterocycles. The van der Waals surface area contributed by atoms with Crippen molar-refractivity contribution in [2.45, 2.75) is 31.7 Å². The van der Waals surface area contributed by atoms with Crippen LogP contribution in [0, 0.1) is 5.92 Å². The summed E-state index contributed by atoms with van der Waals surface area (Å²) in [5.74, 6) is -1.25. The van der Waals surface area contributed by atoms with Crippen molar-refractivity contribution in [3.05, 3.63) is 34.3 Å². The van der Waals surface area contributed by atoms with Crippen molar-refractivity contribution in [2.24, 2.45) is 5.92 Å². The Bertz CT molecular complexity index is 563. The van der Waals surface area contributed by atoms with E-state index in [0.717, 1.165) is 16.5 Å². The first kappa shape index (κ1) is 17.9. The summed E-state index contributed by atoms with van der Waals surface area (Å²) in [6.07, 6.45) is 2.46. The molecule has 1 aliphatic heterocycles. The van der Waals surface area contributed by atoms with Crippen LogP contribution in [0.15, 0.2) is 28.7 Å². The summed E-state index contributed by atoms with van der Waals surface area (Å²) in [6.45, 7) is 1.01. The molecule has 1 aromatic rings. The summed E-state index contributed by atoms with van der Waals surface area (Å²) in [5, 5.41) is 9.29. The molecule has 2 rings (SSSR count). The van der Waals surface area contributed by atoms with Gasteiger partial charge in [-0.25, -0.2) is 4.79 Å². The second-order valence-corrected chi connectivity index (χ2v) is 6.76. The fraction of sp³-hybridized carbons (Fsp3) is 0.529. The van der Waals surface area contributed by atoms with E-state index in [1.165, 1.54) is 4.90 Å². The first-order valence-corrected chi connectivity index (χ1v) is 8.59. The lowest BCUT2D eigenvalue weighted by molar-refractivity contribution is -0.150. The quantitative estimate of drug-likeness (QED) is 0.785. The number of halogens is 1. The molecular weight excluding hydrogens is 362 g/mol. The lowest BCUT2D eigenvalue weighted by atomic mass is 9.94. The number of amides is 1. The number of likely N-dealkylation sites (tertiary alicyclic amines) is 1. The number of hydrogen-bond acceptors (Lipinski definition) is 3. The number of carbonyl (C=O) groups excluding carboxylic acids is 1. The first-order chi connectivity index (χ1) is 11.0. The van der Waals surface area contributed by atoms with Gasteiger partial charge in [0.05, 0.1) is 0 Å². The smallest absolute Gasteiger partial charge is 0.326 e. The molecule has 0 saturated carbocycles. The van der Waals surface area contributed by atoms with Crippen molar-refractivity contribution < 1.29 is 19.4 Å². The van der Waals surface area contributed by atoms with E-state index in [-0.39, 0.29) is 11.8 Å². The monoisotopic (exact) mass is 383 g/mol. The van der Waals surface area contributed by atoms with E-state index in [0.29, 0.717) is 32.4 Å². The molecule has 5 nitrogen and oxygen atoms in total. The van der Waals surface area contributed by atoms with Gasteiger partial charge in [0.2, 0.25) is 5.91 Å². The van der Waals surface area contributed by atoms with E-state index in [9.17, 15) is 14.7 Å². The maximum Gasteiger partial charge on any atom is 0.326 e. The summed E-state index contributed by atoms with van der Waals surface area (Å²) in [6, 6.07) is 7.17. The molecule has 1 amide bonds. The number of nitrogens with zero attached hydrogens (tertiary/aromatic N) is 1. The van der Waals surface area contributed by atoms with E-state index >= 15 is 0 Å². The minimum Gasteiger partial charge on any atom is -0.480 e. The number of carbonyl (C=O) groups is 2. The maximum absolute atomic E-state index is 12.9. The zero-order valence-corrected chi connectivity index (χ0v) is 14.8. The molecule has 0 aliphatic carbocycles. The second-order valence-electron chi connectivity index (χ2n) is 5.84. The topological polar surface area (TPSA) is 66.8 Å². The molecule has 1 heterocycles. The molecule has 1 saturated heterocycles. The van der Waals surface area contributed by atoms with Crippen LogP contribution in [0.1, 0.15) is 24.8 Å². The molecule has 2 atom stereocenters. The maximum atomic E-state index is 12.9. The average molecular weight is 384 g/mol. The lowest BCUT2D eigenvalue weighted by Crippen LogP contribution is -2.44. The molecule has 23 heavy (non-hydrogen) atoms. The van der Waals surface area contributed by atoms with Crippen molar-refractivity contribution >= 4 is 27.8 Å². The Morgan fingerprint density at radius 2 is 2.26 bits per heavy atom. The fourth-order valence-electron chi connectivity index (χ4n) is 3.04. The Kier molecular flexibility index (Phi) is 6.59. The van der Waals surface area contributed by atoms with E-state index in [4.69, 9.17) is 4.74 Å². The van der Waals surface area contributed by atoms with Gasteiger partial charge in [0.1, 0.15) is 6.04 Å². The third-order valence-corrected chi connectivity index (χ3v) is 4.70. The first-order valence-electron chi connectivity index (χ1n) is 7.79. The van der Waals surface area contributed by atoms with Crippen LogP contribution in [0.25, 0.3) is 0 Å². The van der Waals surface area contributed by atoms with Gasteiger partial charge in [-0.15, -0.1) is 0 Å². The summed E-state index contributed by atoms with van der Waals surface area (Å²) in [5.41, 5.74) is 1.06. The largest absolute Gasteiger partial charge is 0.480 e. The molecule has 1 aromatic carbocycles. The zero-order valence-electron chi connectivity index (χ0n) is 13.2. The van der Waals surface area contributed by atoms with Crippen LogP contribution in [0.2, 0.25) is 0 Å². The van der Waals surface area contributed by atoms with Gasteiger partial charge >= 0.3 is 5.97 Å². The molecule has 1 unspecified atom stereocenters. The molecule has 0 spiro atoms. The Morgan fingerprint density at radius 1 is 1.48 bits per heavy atom. The number of methoxy groups -OCH3 is 1. The predicted octanol–water partition coefficient (Wildman–Crippen LogP) is 2.72. The molecule has 6 heteroatoms. The van der Waals surface area contributed by atoms with Crippen LogP contribution in [0.5, 0.6) is 0 Å². The van der Waals surface area contributed by atoms with Crippen LogP contribution in [-0.2, 0) is 20.7 Å². The lowest BCUT2D eigenvalue weighted by Gasteiger charge is -2.27.